The summed E-state index contributed by atoms with van der Waals surface area (Å²) in [5.74, 6) is 3.07. The van der Waals surface area contributed by atoms with Gasteiger partial charge in [0.25, 0.3) is 0 Å². The van der Waals surface area contributed by atoms with E-state index in [1.165, 1.54) is 27.6 Å². The monoisotopic (exact) mass is 401 g/mol. The van der Waals surface area contributed by atoms with Crippen molar-refractivity contribution in [1.29, 1.82) is 0 Å². The lowest BCUT2D eigenvalue weighted by Crippen LogP contribution is -2.51. The van der Waals surface area contributed by atoms with Crippen LogP contribution in [0.4, 0.5) is 0 Å². The number of nitrogens with zero attached hydrogens (tertiary/aromatic N) is 1. The summed E-state index contributed by atoms with van der Waals surface area (Å²) in [6.07, 6.45) is 8.53. The van der Waals surface area contributed by atoms with Gasteiger partial charge in [0.15, 0.2) is 8.24 Å². The van der Waals surface area contributed by atoms with Crippen LogP contribution in [-0.4, -0.2) is 12.5 Å². The van der Waals surface area contributed by atoms with Gasteiger partial charge >= 0.3 is 0 Å². The van der Waals surface area contributed by atoms with E-state index in [0.717, 1.165) is 0 Å². The van der Waals surface area contributed by atoms with Crippen LogP contribution >= 0.6 is 0 Å². The minimum atomic E-state index is -1.87. The Bertz CT molecular complexity index is 993. The van der Waals surface area contributed by atoms with Gasteiger partial charge in [-0.2, -0.15) is 0 Å². The summed E-state index contributed by atoms with van der Waals surface area (Å²) in [7, 11) is -1.87. The molecule has 0 radical (unpaired) electrons. The molecule has 0 saturated heterocycles. The summed E-state index contributed by atoms with van der Waals surface area (Å²) in [6.45, 7) is 16.6. The van der Waals surface area contributed by atoms with Gasteiger partial charge in [-0.25, -0.2) is 0 Å². The molecule has 3 aromatic rings. The molecule has 1 atom stereocenters. The van der Waals surface area contributed by atoms with E-state index < -0.39 is 8.24 Å². The largest absolute Gasteiger partial charge is 0.373 e. The molecule has 0 fully saturated rings. The number of hydrogen-bond acceptors (Lipinski definition) is 0. The number of fused-ring (bicyclic) bond motifs is 1. The molecule has 0 saturated carbocycles. The fourth-order valence-corrected chi connectivity index (χ4v) is 12.4. The third-order valence-electron chi connectivity index (χ3n) is 6.82. The van der Waals surface area contributed by atoms with Crippen molar-refractivity contribution in [2.75, 3.05) is 0 Å². The molecule has 2 heteroatoms. The second-order valence-electron chi connectivity index (χ2n) is 9.33. The van der Waals surface area contributed by atoms with Crippen molar-refractivity contribution in [3.63, 3.8) is 0 Å². The van der Waals surface area contributed by atoms with Crippen molar-refractivity contribution in [2.24, 2.45) is 0 Å². The highest BCUT2D eigenvalue weighted by Gasteiger charge is 2.46. The first-order valence-electron chi connectivity index (χ1n) is 10.9. The molecule has 0 spiro atoms. The standard InChI is InChI=1S/C27H35NSi/c1-9-24(23-16-14-22(8)15-17-23)26-18-28(27-13-11-10-12-25(26)27)29(19(2)3,20(4)5)21(6)7/h1,10-21,24H,2-8H3/t24-/m0/s1. The van der Waals surface area contributed by atoms with Gasteiger partial charge in [-0.05, 0) is 40.7 Å². The van der Waals surface area contributed by atoms with Crippen LogP contribution in [0.25, 0.3) is 10.9 Å². The number of para-hydroxylation sites is 1. The van der Waals surface area contributed by atoms with Crippen molar-refractivity contribution >= 4 is 19.1 Å². The molecular formula is C27H35NSi. The van der Waals surface area contributed by atoms with E-state index in [4.69, 9.17) is 6.42 Å². The third kappa shape index (κ3) is 3.47. The summed E-state index contributed by atoms with van der Waals surface area (Å²) in [5, 5.41) is 1.30. The molecule has 2 aromatic carbocycles. The van der Waals surface area contributed by atoms with Crippen molar-refractivity contribution in [2.45, 2.75) is 71.0 Å². The minimum Gasteiger partial charge on any atom is -0.373 e. The first-order chi connectivity index (χ1) is 13.7. The van der Waals surface area contributed by atoms with Crippen LogP contribution < -0.4 is 0 Å². The van der Waals surface area contributed by atoms with Gasteiger partial charge in [0.2, 0.25) is 0 Å². The average Bonchev–Trinajstić information content (AvgIpc) is 3.03. The molecule has 0 unspecified atom stereocenters. The predicted octanol–water partition coefficient (Wildman–Crippen LogP) is 7.74. The maximum Gasteiger partial charge on any atom is 0.169 e. The SMILES string of the molecule is C#C[C@@H](c1ccc(C)cc1)c1cn([Si](C(C)C)(C(C)C)C(C)C)c2ccccc12. The number of aromatic nitrogens is 1. The Kier molecular flexibility index (Phi) is 6.10. The second-order valence-corrected chi connectivity index (χ2v) is 15.1. The predicted molar refractivity (Wildman–Crippen MR) is 130 cm³/mol. The molecule has 0 amide bonds. The number of benzene rings is 2. The Morgan fingerprint density at radius 1 is 0.828 bits per heavy atom. The Hall–Kier alpha value is -2.24. The average molecular weight is 402 g/mol. The van der Waals surface area contributed by atoms with E-state index in [-0.39, 0.29) is 5.92 Å². The maximum atomic E-state index is 6.12. The normalized spacial score (nSPS) is 13.4. The van der Waals surface area contributed by atoms with Crippen LogP contribution in [0.1, 0.15) is 64.2 Å². The number of hydrogen-bond donors (Lipinski definition) is 0. The summed E-state index contributed by atoms with van der Waals surface area (Å²) < 4.78 is 2.69. The zero-order valence-electron chi connectivity index (χ0n) is 19.0. The highest BCUT2D eigenvalue weighted by atomic mass is 28.3. The fraction of sp³-hybridized carbons (Fsp3) is 0.407. The molecule has 3 rings (SSSR count). The first kappa shape index (κ1) is 21.5. The minimum absolute atomic E-state index is 0.0278. The van der Waals surface area contributed by atoms with E-state index >= 15 is 0 Å². The number of terminal acetylenes is 1. The van der Waals surface area contributed by atoms with Crippen molar-refractivity contribution < 1.29 is 0 Å². The van der Waals surface area contributed by atoms with E-state index in [2.05, 4.69) is 113 Å². The van der Waals surface area contributed by atoms with Crippen molar-refractivity contribution in [1.82, 2.24) is 4.23 Å². The van der Waals surface area contributed by atoms with E-state index in [1.807, 2.05) is 0 Å². The summed E-state index contributed by atoms with van der Waals surface area (Å²) >= 11 is 0. The van der Waals surface area contributed by atoms with Gasteiger partial charge in [-0.15, -0.1) is 6.42 Å². The molecule has 0 aliphatic carbocycles. The van der Waals surface area contributed by atoms with Gasteiger partial charge in [-0.1, -0.05) is 95.5 Å². The fourth-order valence-electron chi connectivity index (χ4n) is 5.72. The topological polar surface area (TPSA) is 4.93 Å². The summed E-state index contributed by atoms with van der Waals surface area (Å²) in [5.41, 5.74) is 6.98. The number of aryl methyl sites for hydroxylation is 1. The van der Waals surface area contributed by atoms with Crippen LogP contribution in [0.15, 0.2) is 54.7 Å². The van der Waals surface area contributed by atoms with E-state index in [0.29, 0.717) is 16.6 Å². The number of rotatable bonds is 6. The van der Waals surface area contributed by atoms with Crippen LogP contribution in [0.2, 0.25) is 16.6 Å². The molecule has 1 heterocycles. The zero-order valence-corrected chi connectivity index (χ0v) is 20.0. The highest BCUT2D eigenvalue weighted by molar-refractivity contribution is 6.82. The Balaban J connectivity index is 2.32. The molecular weight excluding hydrogens is 366 g/mol. The summed E-state index contributed by atoms with van der Waals surface area (Å²) in [6, 6.07) is 17.5. The Morgan fingerprint density at radius 3 is 1.90 bits per heavy atom. The van der Waals surface area contributed by atoms with Crippen LogP contribution in [-0.2, 0) is 0 Å². The van der Waals surface area contributed by atoms with Gasteiger partial charge in [0.1, 0.15) is 0 Å². The summed E-state index contributed by atoms with van der Waals surface area (Å²) in [4.78, 5) is 0. The molecule has 1 aromatic heterocycles. The van der Waals surface area contributed by atoms with Crippen LogP contribution in [0, 0.1) is 19.3 Å². The molecule has 29 heavy (non-hydrogen) atoms. The Morgan fingerprint density at radius 2 is 1.38 bits per heavy atom. The lowest BCUT2D eigenvalue weighted by atomic mass is 9.91. The van der Waals surface area contributed by atoms with Gasteiger partial charge in [0, 0.05) is 17.1 Å². The van der Waals surface area contributed by atoms with Gasteiger partial charge < -0.3 is 4.23 Å². The van der Waals surface area contributed by atoms with Crippen LogP contribution in [0.3, 0.4) is 0 Å². The van der Waals surface area contributed by atoms with Crippen LogP contribution in [0.5, 0.6) is 0 Å². The van der Waals surface area contributed by atoms with E-state index in [9.17, 15) is 0 Å². The Labute approximate surface area is 178 Å². The molecule has 0 aliphatic heterocycles. The highest BCUT2D eigenvalue weighted by Crippen LogP contribution is 2.46. The van der Waals surface area contributed by atoms with Crippen molar-refractivity contribution in [3.05, 3.63) is 71.4 Å². The quantitative estimate of drug-likeness (QED) is 0.294. The third-order valence-corrected chi connectivity index (χ3v) is 13.6. The second kappa shape index (κ2) is 8.25. The van der Waals surface area contributed by atoms with E-state index in [1.54, 1.807) is 0 Å². The van der Waals surface area contributed by atoms with Gasteiger partial charge in [0.05, 0.1) is 5.92 Å². The molecule has 0 aliphatic rings. The lowest BCUT2D eigenvalue weighted by Gasteiger charge is -2.44. The van der Waals surface area contributed by atoms with Crippen molar-refractivity contribution in [3.8, 4) is 12.3 Å². The molecule has 0 bridgehead atoms. The smallest absolute Gasteiger partial charge is 0.169 e. The van der Waals surface area contributed by atoms with Gasteiger partial charge in [-0.3, -0.25) is 0 Å². The molecule has 152 valence electrons. The zero-order chi connectivity index (χ0) is 21.3. The first-order valence-corrected chi connectivity index (χ1v) is 13.1. The molecule has 1 nitrogen and oxygen atoms in total. The maximum absolute atomic E-state index is 6.12. The molecule has 0 N–H and O–H groups in total. The lowest BCUT2D eigenvalue weighted by molar-refractivity contribution is 0.771.